The van der Waals surface area contributed by atoms with E-state index in [-0.39, 0.29) is 16.6 Å². The van der Waals surface area contributed by atoms with E-state index in [0.29, 0.717) is 5.56 Å². The van der Waals surface area contributed by atoms with Crippen LogP contribution in [0.4, 0.5) is 4.39 Å². The van der Waals surface area contributed by atoms with Crippen LogP contribution < -0.4 is 0 Å². The van der Waals surface area contributed by atoms with Gasteiger partial charge in [-0.3, -0.25) is 9.36 Å². The smallest absolute Gasteiger partial charge is 0.305 e. The molecule has 0 radical (unpaired) electrons. The fourth-order valence-electron chi connectivity index (χ4n) is 4.57. The Kier molecular flexibility index (Phi) is 7.17. The van der Waals surface area contributed by atoms with Crippen LogP contribution in [0.1, 0.15) is 58.1 Å². The van der Waals surface area contributed by atoms with Crippen molar-refractivity contribution in [2.24, 2.45) is 10.8 Å². The standard InChI is InChI=1S/C23H32FO5P/c1-15-10-16(6-7-20(15)24)18-12-22(2,3)14-23(4,5)19(18)8-9-30(28,29)13-17(25)11-21(26)27/h6-10,17,25H,11-14H2,1-5H3,(H,26,27)(H,28,29)/t17-/m0/s1. The molecule has 0 saturated carbocycles. The Morgan fingerprint density at radius 3 is 2.50 bits per heavy atom. The number of benzene rings is 1. The predicted molar refractivity (Wildman–Crippen MR) is 117 cm³/mol. The van der Waals surface area contributed by atoms with Crippen molar-refractivity contribution in [3.05, 3.63) is 52.6 Å². The zero-order chi connectivity index (χ0) is 22.9. The first-order valence-electron chi connectivity index (χ1n) is 10.0. The second-order valence-electron chi connectivity index (χ2n) is 9.76. The number of halogens is 1. The molecule has 3 N–H and O–H groups in total. The van der Waals surface area contributed by atoms with Gasteiger partial charge in [0.1, 0.15) is 5.82 Å². The van der Waals surface area contributed by atoms with E-state index in [0.717, 1.165) is 29.6 Å². The maximum atomic E-state index is 13.8. The van der Waals surface area contributed by atoms with E-state index in [2.05, 4.69) is 27.7 Å². The van der Waals surface area contributed by atoms with Crippen LogP contribution in [-0.2, 0) is 9.36 Å². The highest BCUT2D eigenvalue weighted by Gasteiger charge is 2.38. The molecule has 0 heterocycles. The van der Waals surface area contributed by atoms with Gasteiger partial charge < -0.3 is 15.1 Å². The number of carboxylic acid groups (broad SMARTS) is 1. The Bertz CT molecular complexity index is 930. The second-order valence-corrected chi connectivity index (χ2v) is 11.9. The molecule has 7 heteroatoms. The van der Waals surface area contributed by atoms with E-state index in [4.69, 9.17) is 5.11 Å². The third-order valence-corrected chi connectivity index (χ3v) is 7.05. The number of aliphatic hydroxyl groups excluding tert-OH is 1. The molecule has 0 aromatic heterocycles. The summed E-state index contributed by atoms with van der Waals surface area (Å²) >= 11 is 0. The zero-order valence-electron chi connectivity index (χ0n) is 18.3. The van der Waals surface area contributed by atoms with Crippen molar-refractivity contribution in [2.75, 3.05) is 6.16 Å². The van der Waals surface area contributed by atoms with Crippen molar-refractivity contribution < 1.29 is 28.9 Å². The molecule has 1 aliphatic carbocycles. The quantitative estimate of drug-likeness (QED) is 0.499. The van der Waals surface area contributed by atoms with Crippen molar-refractivity contribution >= 4 is 18.9 Å². The molecule has 2 atom stereocenters. The van der Waals surface area contributed by atoms with E-state index in [9.17, 15) is 23.7 Å². The van der Waals surface area contributed by atoms with Gasteiger partial charge in [0, 0.05) is 5.82 Å². The predicted octanol–water partition coefficient (Wildman–Crippen LogP) is 5.35. The van der Waals surface area contributed by atoms with Crippen LogP contribution in [0.2, 0.25) is 0 Å². The average molecular weight is 438 g/mol. The molecule has 5 nitrogen and oxygen atoms in total. The lowest BCUT2D eigenvalue weighted by Gasteiger charge is -2.43. The highest BCUT2D eigenvalue weighted by Crippen LogP contribution is 2.53. The molecule has 0 fully saturated rings. The fourth-order valence-corrected chi connectivity index (χ4v) is 5.81. The van der Waals surface area contributed by atoms with Crippen LogP contribution in [0.3, 0.4) is 0 Å². The van der Waals surface area contributed by atoms with Gasteiger partial charge >= 0.3 is 5.97 Å². The van der Waals surface area contributed by atoms with Gasteiger partial charge in [0.2, 0.25) is 7.37 Å². The zero-order valence-corrected chi connectivity index (χ0v) is 19.2. The fraction of sp³-hybridized carbons (Fsp3) is 0.522. The Morgan fingerprint density at radius 2 is 1.93 bits per heavy atom. The average Bonchev–Trinajstić information content (AvgIpc) is 2.52. The molecule has 1 aromatic rings. The maximum Gasteiger partial charge on any atom is 0.305 e. The molecule has 1 aromatic carbocycles. The Morgan fingerprint density at radius 1 is 1.30 bits per heavy atom. The van der Waals surface area contributed by atoms with Crippen molar-refractivity contribution in [1.29, 1.82) is 0 Å². The maximum absolute atomic E-state index is 13.8. The number of rotatable bonds is 7. The molecule has 0 spiro atoms. The number of aliphatic hydroxyl groups is 1. The minimum atomic E-state index is -3.88. The second kappa shape index (κ2) is 8.78. The Balaban J connectivity index is 2.50. The molecule has 0 amide bonds. The van der Waals surface area contributed by atoms with Crippen LogP contribution in [-0.4, -0.2) is 33.3 Å². The minimum Gasteiger partial charge on any atom is -0.481 e. The van der Waals surface area contributed by atoms with Crippen molar-refractivity contribution in [3.8, 4) is 0 Å². The lowest BCUT2D eigenvalue weighted by molar-refractivity contribution is -0.138. The number of carbonyl (C=O) groups is 1. The van der Waals surface area contributed by atoms with Gasteiger partial charge in [-0.1, -0.05) is 39.8 Å². The van der Waals surface area contributed by atoms with Gasteiger partial charge in [-0.2, -0.15) is 0 Å². The summed E-state index contributed by atoms with van der Waals surface area (Å²) < 4.78 is 26.4. The van der Waals surface area contributed by atoms with Gasteiger partial charge in [-0.05, 0) is 65.0 Å². The first kappa shape index (κ1) is 24.5. The number of hydrogen-bond donors (Lipinski definition) is 3. The number of allylic oxidation sites excluding steroid dienone is 3. The van der Waals surface area contributed by atoms with E-state index in [1.807, 2.05) is 0 Å². The first-order chi connectivity index (χ1) is 13.6. The number of hydrogen-bond acceptors (Lipinski definition) is 3. The molecule has 30 heavy (non-hydrogen) atoms. The van der Waals surface area contributed by atoms with E-state index in [1.54, 1.807) is 25.1 Å². The molecule has 0 aliphatic heterocycles. The third-order valence-electron chi connectivity index (χ3n) is 5.49. The van der Waals surface area contributed by atoms with Crippen LogP contribution >= 0.6 is 7.37 Å². The van der Waals surface area contributed by atoms with Crippen LogP contribution in [0, 0.1) is 23.6 Å². The topological polar surface area (TPSA) is 94.8 Å². The van der Waals surface area contributed by atoms with Crippen LogP contribution in [0.25, 0.3) is 5.57 Å². The van der Waals surface area contributed by atoms with Crippen LogP contribution in [0.15, 0.2) is 35.7 Å². The third kappa shape index (κ3) is 6.37. The van der Waals surface area contributed by atoms with Crippen molar-refractivity contribution in [1.82, 2.24) is 0 Å². The highest BCUT2D eigenvalue weighted by molar-refractivity contribution is 7.61. The number of aryl methyl sites for hydroxylation is 1. The largest absolute Gasteiger partial charge is 0.481 e. The molecule has 0 bridgehead atoms. The van der Waals surface area contributed by atoms with E-state index in [1.165, 1.54) is 11.9 Å². The van der Waals surface area contributed by atoms with E-state index >= 15 is 0 Å². The van der Waals surface area contributed by atoms with Crippen molar-refractivity contribution in [2.45, 2.75) is 60.0 Å². The summed E-state index contributed by atoms with van der Waals surface area (Å²) in [6.07, 6.45) is 0.743. The Labute approximate surface area is 177 Å². The summed E-state index contributed by atoms with van der Waals surface area (Å²) in [6, 6.07) is 4.97. The minimum absolute atomic E-state index is 0.000936. The molecule has 1 aliphatic rings. The van der Waals surface area contributed by atoms with Crippen molar-refractivity contribution in [3.63, 3.8) is 0 Å². The summed E-state index contributed by atoms with van der Waals surface area (Å²) in [6.45, 7) is 10.2. The van der Waals surface area contributed by atoms with Gasteiger partial charge in [-0.15, -0.1) is 0 Å². The lowest BCUT2D eigenvalue weighted by atomic mass is 9.61. The van der Waals surface area contributed by atoms with Crippen LogP contribution in [0.5, 0.6) is 0 Å². The summed E-state index contributed by atoms with van der Waals surface area (Å²) in [5.41, 5.74) is 3.02. The summed E-state index contributed by atoms with van der Waals surface area (Å²) in [5.74, 6) is -0.305. The molecule has 166 valence electrons. The molecule has 2 rings (SSSR count). The normalized spacial score (nSPS) is 21.5. The molecular formula is C23H32FO5P. The van der Waals surface area contributed by atoms with Gasteiger partial charge in [-0.25, -0.2) is 4.39 Å². The molecule has 1 unspecified atom stereocenters. The van der Waals surface area contributed by atoms with Gasteiger partial charge in [0.25, 0.3) is 0 Å². The molecular weight excluding hydrogens is 406 g/mol. The monoisotopic (exact) mass is 438 g/mol. The van der Waals surface area contributed by atoms with Gasteiger partial charge in [0.05, 0.1) is 18.7 Å². The van der Waals surface area contributed by atoms with Gasteiger partial charge in [0.15, 0.2) is 0 Å². The summed E-state index contributed by atoms with van der Waals surface area (Å²) in [5, 5.41) is 18.5. The number of aliphatic carboxylic acids is 1. The number of carboxylic acids is 1. The lowest BCUT2D eigenvalue weighted by Crippen LogP contribution is -2.30. The van der Waals surface area contributed by atoms with E-state index < -0.39 is 32.0 Å². The summed E-state index contributed by atoms with van der Waals surface area (Å²) in [7, 11) is -3.88. The molecule has 0 saturated heterocycles. The SMILES string of the molecule is Cc1cc(C2=C(C=CP(=O)(O)C[C@@H](O)CC(=O)O)C(C)(C)CC(C)(C)C2)ccc1F. The highest BCUT2D eigenvalue weighted by atomic mass is 31.2. The first-order valence-corrected chi connectivity index (χ1v) is 11.9. The summed E-state index contributed by atoms with van der Waals surface area (Å²) in [4.78, 5) is 21.0. The Hall–Kier alpha value is -1.75.